The van der Waals surface area contributed by atoms with E-state index >= 15 is 0 Å². The molecule has 0 saturated heterocycles. The predicted molar refractivity (Wildman–Crippen MR) is 83.0 cm³/mol. The highest BCUT2D eigenvalue weighted by molar-refractivity contribution is 7.98. The number of benzene rings is 1. The van der Waals surface area contributed by atoms with Crippen molar-refractivity contribution in [2.45, 2.75) is 31.2 Å². The van der Waals surface area contributed by atoms with Gasteiger partial charge in [-0.3, -0.25) is 9.59 Å². The van der Waals surface area contributed by atoms with Crippen LogP contribution in [0.4, 0.5) is 0 Å². The van der Waals surface area contributed by atoms with Gasteiger partial charge >= 0.3 is 0 Å². The first-order valence-electron chi connectivity index (χ1n) is 6.64. The normalized spacial score (nSPS) is 12.1. The highest BCUT2D eigenvalue weighted by Crippen LogP contribution is 2.15. The number of amides is 2. The number of carbonyl (C=O) groups excluding carboxylic acids is 2. The minimum Gasteiger partial charge on any atom is -0.357 e. The van der Waals surface area contributed by atoms with Gasteiger partial charge in [0.2, 0.25) is 5.91 Å². The van der Waals surface area contributed by atoms with Gasteiger partial charge in [0.05, 0.1) is 0 Å². The lowest BCUT2D eigenvalue weighted by Crippen LogP contribution is -2.46. The van der Waals surface area contributed by atoms with E-state index in [0.717, 1.165) is 4.90 Å². The summed E-state index contributed by atoms with van der Waals surface area (Å²) in [7, 11) is 1.58. The van der Waals surface area contributed by atoms with Crippen molar-refractivity contribution in [1.29, 1.82) is 0 Å². The third-order valence-electron chi connectivity index (χ3n) is 2.93. The van der Waals surface area contributed by atoms with Crippen LogP contribution < -0.4 is 10.6 Å². The van der Waals surface area contributed by atoms with Crippen LogP contribution in [0.15, 0.2) is 29.2 Å². The van der Waals surface area contributed by atoms with Crippen LogP contribution in [-0.4, -0.2) is 31.2 Å². The minimum absolute atomic E-state index is 0.159. The molecule has 0 heterocycles. The summed E-state index contributed by atoms with van der Waals surface area (Å²) in [6.45, 7) is 4.05. The summed E-state index contributed by atoms with van der Waals surface area (Å²) in [5.74, 6) is -0.0452. The quantitative estimate of drug-likeness (QED) is 0.792. The third kappa shape index (κ3) is 4.89. The van der Waals surface area contributed by atoms with E-state index in [1.807, 2.05) is 32.2 Å². The molecule has 1 rings (SSSR count). The second-order valence-electron chi connectivity index (χ2n) is 5.00. The zero-order valence-corrected chi connectivity index (χ0v) is 13.2. The Balaban J connectivity index is 2.76. The molecule has 1 atom stereocenters. The third-order valence-corrected chi connectivity index (χ3v) is 3.67. The average Bonchev–Trinajstić information content (AvgIpc) is 2.45. The summed E-state index contributed by atoms with van der Waals surface area (Å²) in [5.41, 5.74) is 0.570. The molecule has 110 valence electrons. The Morgan fingerprint density at radius 2 is 1.80 bits per heavy atom. The molecule has 2 amide bonds. The van der Waals surface area contributed by atoms with E-state index in [1.54, 1.807) is 30.9 Å². The fourth-order valence-corrected chi connectivity index (χ4v) is 2.27. The lowest BCUT2D eigenvalue weighted by Gasteiger charge is -2.19. The molecule has 0 aliphatic heterocycles. The predicted octanol–water partition coefficient (Wildman–Crippen LogP) is 2.30. The SMILES string of the molecule is CNC(=O)C(CC(C)C)NC(=O)c1ccc(SC)cc1. The van der Waals surface area contributed by atoms with Crippen molar-refractivity contribution in [1.82, 2.24) is 10.6 Å². The minimum atomic E-state index is -0.493. The molecule has 1 unspecified atom stereocenters. The van der Waals surface area contributed by atoms with Gasteiger partial charge in [0, 0.05) is 17.5 Å². The smallest absolute Gasteiger partial charge is 0.251 e. The van der Waals surface area contributed by atoms with Gasteiger partial charge in [0.25, 0.3) is 5.91 Å². The van der Waals surface area contributed by atoms with Gasteiger partial charge in [-0.05, 0) is 42.9 Å². The Bertz CT molecular complexity index is 457. The first kappa shape index (κ1) is 16.6. The van der Waals surface area contributed by atoms with Crippen LogP contribution in [0.3, 0.4) is 0 Å². The summed E-state index contributed by atoms with van der Waals surface area (Å²) in [5, 5.41) is 5.38. The summed E-state index contributed by atoms with van der Waals surface area (Å²) >= 11 is 1.62. The van der Waals surface area contributed by atoms with Crippen molar-refractivity contribution in [3.63, 3.8) is 0 Å². The number of rotatable bonds is 6. The molecule has 0 radical (unpaired) electrons. The second kappa shape index (κ2) is 7.94. The number of hydrogen-bond acceptors (Lipinski definition) is 3. The highest BCUT2D eigenvalue weighted by Gasteiger charge is 2.21. The molecular formula is C15H22N2O2S. The largest absolute Gasteiger partial charge is 0.357 e. The molecule has 2 N–H and O–H groups in total. The monoisotopic (exact) mass is 294 g/mol. The Hall–Kier alpha value is -1.49. The zero-order valence-electron chi connectivity index (χ0n) is 12.4. The number of nitrogens with one attached hydrogen (secondary N) is 2. The zero-order chi connectivity index (χ0) is 15.1. The molecule has 4 nitrogen and oxygen atoms in total. The molecule has 0 aliphatic carbocycles. The van der Waals surface area contributed by atoms with Gasteiger partial charge in [0.1, 0.15) is 6.04 Å². The van der Waals surface area contributed by atoms with Crippen LogP contribution in [-0.2, 0) is 4.79 Å². The standard InChI is InChI=1S/C15H22N2O2S/c1-10(2)9-13(15(19)16-3)17-14(18)11-5-7-12(20-4)8-6-11/h5-8,10,13H,9H2,1-4H3,(H,16,19)(H,17,18). The van der Waals surface area contributed by atoms with Gasteiger partial charge in [-0.25, -0.2) is 0 Å². The van der Waals surface area contributed by atoms with E-state index in [9.17, 15) is 9.59 Å². The lowest BCUT2D eigenvalue weighted by molar-refractivity contribution is -0.122. The number of carbonyl (C=O) groups is 2. The first-order valence-corrected chi connectivity index (χ1v) is 7.87. The van der Waals surface area contributed by atoms with Crippen LogP contribution in [0.5, 0.6) is 0 Å². The average molecular weight is 294 g/mol. The molecule has 0 aliphatic rings. The van der Waals surface area contributed by atoms with E-state index in [1.165, 1.54) is 0 Å². The maximum Gasteiger partial charge on any atom is 0.251 e. The maximum absolute atomic E-state index is 12.2. The molecule has 0 spiro atoms. The van der Waals surface area contributed by atoms with E-state index in [4.69, 9.17) is 0 Å². The molecule has 0 fully saturated rings. The van der Waals surface area contributed by atoms with Crippen LogP contribution >= 0.6 is 11.8 Å². The van der Waals surface area contributed by atoms with Gasteiger partial charge in [-0.1, -0.05) is 13.8 Å². The lowest BCUT2D eigenvalue weighted by atomic mass is 10.0. The van der Waals surface area contributed by atoms with Gasteiger partial charge in [-0.2, -0.15) is 0 Å². The van der Waals surface area contributed by atoms with Crippen molar-refractivity contribution >= 4 is 23.6 Å². The van der Waals surface area contributed by atoms with E-state index in [-0.39, 0.29) is 11.8 Å². The fourth-order valence-electron chi connectivity index (χ4n) is 1.86. The topological polar surface area (TPSA) is 58.2 Å². The molecule has 1 aromatic rings. The molecule has 1 aromatic carbocycles. The molecular weight excluding hydrogens is 272 g/mol. The van der Waals surface area contributed by atoms with Crippen LogP contribution in [0, 0.1) is 5.92 Å². The van der Waals surface area contributed by atoms with Gasteiger partial charge < -0.3 is 10.6 Å². The van der Waals surface area contributed by atoms with Crippen LogP contribution in [0.25, 0.3) is 0 Å². The molecule has 20 heavy (non-hydrogen) atoms. The molecule has 5 heteroatoms. The molecule has 0 saturated carbocycles. The maximum atomic E-state index is 12.2. The van der Waals surface area contributed by atoms with Gasteiger partial charge in [-0.15, -0.1) is 11.8 Å². The molecule has 0 aromatic heterocycles. The van der Waals surface area contributed by atoms with Crippen molar-refractivity contribution in [3.05, 3.63) is 29.8 Å². The first-order chi connectivity index (χ1) is 9.47. The van der Waals surface area contributed by atoms with E-state index in [2.05, 4.69) is 10.6 Å². The van der Waals surface area contributed by atoms with Crippen molar-refractivity contribution < 1.29 is 9.59 Å². The van der Waals surface area contributed by atoms with Gasteiger partial charge in [0.15, 0.2) is 0 Å². The Morgan fingerprint density at radius 3 is 2.25 bits per heavy atom. The van der Waals surface area contributed by atoms with Crippen molar-refractivity contribution in [2.75, 3.05) is 13.3 Å². The van der Waals surface area contributed by atoms with E-state index in [0.29, 0.717) is 17.9 Å². The van der Waals surface area contributed by atoms with Crippen molar-refractivity contribution in [3.8, 4) is 0 Å². The second-order valence-corrected chi connectivity index (χ2v) is 5.88. The Morgan fingerprint density at radius 1 is 1.20 bits per heavy atom. The fraction of sp³-hybridized carbons (Fsp3) is 0.467. The Labute approximate surface area is 124 Å². The molecule has 0 bridgehead atoms. The summed E-state index contributed by atoms with van der Waals surface area (Å²) in [6, 6.07) is 6.86. The number of hydrogen-bond donors (Lipinski definition) is 2. The summed E-state index contributed by atoms with van der Waals surface area (Å²) in [6.07, 6.45) is 2.60. The highest BCUT2D eigenvalue weighted by atomic mass is 32.2. The Kier molecular flexibility index (Phi) is 6.58. The van der Waals surface area contributed by atoms with Crippen LogP contribution in [0.1, 0.15) is 30.6 Å². The summed E-state index contributed by atoms with van der Waals surface area (Å²) < 4.78 is 0. The van der Waals surface area contributed by atoms with E-state index < -0.39 is 6.04 Å². The summed E-state index contributed by atoms with van der Waals surface area (Å²) in [4.78, 5) is 25.0. The van der Waals surface area contributed by atoms with Crippen molar-refractivity contribution in [2.24, 2.45) is 5.92 Å². The number of likely N-dealkylation sites (N-methyl/N-ethyl adjacent to an activating group) is 1. The van der Waals surface area contributed by atoms with Crippen LogP contribution in [0.2, 0.25) is 0 Å². The number of thioether (sulfide) groups is 1.